The van der Waals surface area contributed by atoms with Gasteiger partial charge in [0.2, 0.25) is 0 Å². The first-order valence-corrected chi connectivity index (χ1v) is 9.59. The third-order valence-corrected chi connectivity index (χ3v) is 6.19. The molecule has 4 nitrogen and oxygen atoms in total. The topological polar surface area (TPSA) is 46.6 Å². The molecule has 0 saturated carbocycles. The summed E-state index contributed by atoms with van der Waals surface area (Å²) < 4.78 is 33.3. The summed E-state index contributed by atoms with van der Waals surface area (Å²) >= 11 is 3.34. The molecule has 0 heterocycles. The lowest BCUT2D eigenvalue weighted by atomic mass is 10.1. The first-order chi connectivity index (χ1) is 11.3. The average molecular weight is 410 g/mol. The maximum Gasteiger partial charge on any atom is 0.264 e. The minimum Gasteiger partial charge on any atom is -0.496 e. The smallest absolute Gasteiger partial charge is 0.264 e. The Labute approximate surface area is 151 Å². The summed E-state index contributed by atoms with van der Waals surface area (Å²) in [7, 11) is -2.18. The Hall–Kier alpha value is -1.79. The molecule has 2 aromatic rings. The molecule has 0 fully saturated rings. The number of hydrogen-bond acceptors (Lipinski definition) is 3. The monoisotopic (exact) mass is 409 g/mol. The third kappa shape index (κ3) is 3.65. The highest BCUT2D eigenvalue weighted by molar-refractivity contribution is 9.10. The van der Waals surface area contributed by atoms with Gasteiger partial charge in [0.25, 0.3) is 10.0 Å². The summed E-state index contributed by atoms with van der Waals surface area (Å²) in [6, 6.07) is 10.3. The van der Waals surface area contributed by atoms with Gasteiger partial charge in [0, 0.05) is 0 Å². The molecular weight excluding hydrogens is 390 g/mol. The molecule has 0 unspecified atom stereocenters. The molecule has 0 amide bonds. The fourth-order valence-corrected chi connectivity index (χ4v) is 4.42. The van der Waals surface area contributed by atoms with Gasteiger partial charge in [-0.1, -0.05) is 12.1 Å². The Bertz CT molecular complexity index is 863. The Kier molecular flexibility index (Phi) is 5.72. The summed E-state index contributed by atoms with van der Waals surface area (Å²) in [5, 5.41) is 0. The number of nitrogens with zero attached hydrogens (tertiary/aromatic N) is 1. The van der Waals surface area contributed by atoms with E-state index in [0.29, 0.717) is 15.9 Å². The zero-order valence-electron chi connectivity index (χ0n) is 13.9. The first kappa shape index (κ1) is 18.5. The SMILES string of the molecule is C=CCN(c1ccc(C)c(C)c1)S(=O)(=O)c1ccc(OC)c(Br)c1. The lowest BCUT2D eigenvalue weighted by molar-refractivity contribution is 0.411. The number of anilines is 1. The molecule has 6 heteroatoms. The normalized spacial score (nSPS) is 11.2. The Morgan fingerprint density at radius 3 is 2.42 bits per heavy atom. The van der Waals surface area contributed by atoms with Gasteiger partial charge in [-0.15, -0.1) is 6.58 Å². The quantitative estimate of drug-likeness (QED) is 0.661. The summed E-state index contributed by atoms with van der Waals surface area (Å²) in [6.07, 6.45) is 1.57. The fraction of sp³-hybridized carbons (Fsp3) is 0.222. The van der Waals surface area contributed by atoms with Crippen LogP contribution in [0.2, 0.25) is 0 Å². The Morgan fingerprint density at radius 1 is 1.17 bits per heavy atom. The van der Waals surface area contributed by atoms with Crippen LogP contribution in [0.25, 0.3) is 0 Å². The first-order valence-electron chi connectivity index (χ1n) is 7.35. The lowest BCUT2D eigenvalue weighted by Gasteiger charge is -2.24. The number of rotatable bonds is 6. The molecule has 0 N–H and O–H groups in total. The van der Waals surface area contributed by atoms with Crippen molar-refractivity contribution in [3.63, 3.8) is 0 Å². The average Bonchev–Trinajstić information content (AvgIpc) is 2.55. The number of aryl methyl sites for hydroxylation is 2. The van der Waals surface area contributed by atoms with Crippen LogP contribution in [0.3, 0.4) is 0 Å². The Balaban J connectivity index is 2.54. The largest absolute Gasteiger partial charge is 0.496 e. The maximum absolute atomic E-state index is 13.1. The summed E-state index contributed by atoms with van der Waals surface area (Å²) in [5.74, 6) is 0.579. The van der Waals surface area contributed by atoms with Gasteiger partial charge in [0.05, 0.1) is 28.7 Å². The van der Waals surface area contributed by atoms with Crippen LogP contribution in [0.5, 0.6) is 5.75 Å². The number of ether oxygens (including phenoxy) is 1. The molecule has 24 heavy (non-hydrogen) atoms. The van der Waals surface area contributed by atoms with Crippen LogP contribution in [-0.4, -0.2) is 22.1 Å². The highest BCUT2D eigenvalue weighted by atomic mass is 79.9. The molecule has 0 bridgehead atoms. The van der Waals surface area contributed by atoms with E-state index in [9.17, 15) is 8.42 Å². The summed E-state index contributed by atoms with van der Waals surface area (Å²) in [6.45, 7) is 7.82. The van der Waals surface area contributed by atoms with Crippen LogP contribution >= 0.6 is 15.9 Å². The maximum atomic E-state index is 13.1. The number of halogens is 1. The van der Waals surface area contributed by atoms with Gasteiger partial charge in [-0.2, -0.15) is 0 Å². The van der Waals surface area contributed by atoms with Crippen molar-refractivity contribution < 1.29 is 13.2 Å². The van der Waals surface area contributed by atoms with Crippen molar-refractivity contribution in [2.75, 3.05) is 18.0 Å². The molecule has 2 aromatic carbocycles. The van der Waals surface area contributed by atoms with E-state index in [1.165, 1.54) is 17.5 Å². The summed E-state index contributed by atoms with van der Waals surface area (Å²) in [4.78, 5) is 0.190. The van der Waals surface area contributed by atoms with Crippen LogP contribution in [0.4, 0.5) is 5.69 Å². The Morgan fingerprint density at radius 2 is 1.88 bits per heavy atom. The minimum atomic E-state index is -3.72. The predicted molar refractivity (Wildman–Crippen MR) is 101 cm³/mol. The molecule has 0 aromatic heterocycles. The zero-order chi connectivity index (χ0) is 17.9. The molecule has 0 radical (unpaired) electrons. The van der Waals surface area contributed by atoms with Gasteiger partial charge in [0.1, 0.15) is 5.75 Å². The van der Waals surface area contributed by atoms with Crippen LogP contribution in [0.1, 0.15) is 11.1 Å². The molecule has 0 saturated heterocycles. The van der Waals surface area contributed by atoms with E-state index < -0.39 is 10.0 Å². The van der Waals surface area contributed by atoms with Gasteiger partial charge in [-0.3, -0.25) is 4.31 Å². The lowest BCUT2D eigenvalue weighted by Crippen LogP contribution is -2.31. The number of hydrogen-bond donors (Lipinski definition) is 0. The van der Waals surface area contributed by atoms with Gasteiger partial charge in [0.15, 0.2) is 0 Å². The van der Waals surface area contributed by atoms with Crippen LogP contribution in [-0.2, 0) is 10.0 Å². The minimum absolute atomic E-state index is 0.189. The highest BCUT2D eigenvalue weighted by Crippen LogP contribution is 2.31. The van der Waals surface area contributed by atoms with Crippen molar-refractivity contribution in [3.05, 3.63) is 64.7 Å². The van der Waals surface area contributed by atoms with E-state index in [4.69, 9.17) is 4.74 Å². The van der Waals surface area contributed by atoms with Crippen LogP contribution < -0.4 is 9.04 Å². The molecule has 0 aliphatic carbocycles. The van der Waals surface area contributed by atoms with E-state index in [1.807, 2.05) is 32.0 Å². The molecule has 0 spiro atoms. The van der Waals surface area contributed by atoms with Gasteiger partial charge < -0.3 is 4.74 Å². The van der Waals surface area contributed by atoms with Gasteiger partial charge in [-0.05, 0) is 71.2 Å². The summed E-state index contributed by atoms with van der Waals surface area (Å²) in [5.41, 5.74) is 2.76. The van der Waals surface area contributed by atoms with E-state index in [1.54, 1.807) is 18.2 Å². The van der Waals surface area contributed by atoms with Crippen molar-refractivity contribution >= 4 is 31.6 Å². The standard InChI is InChI=1S/C18H20BrNO3S/c1-5-10-20(15-7-6-13(2)14(3)11-15)24(21,22)16-8-9-18(23-4)17(19)12-16/h5-9,11-12H,1,10H2,2-4H3. The van der Waals surface area contributed by atoms with Gasteiger partial charge in [-0.25, -0.2) is 8.42 Å². The molecule has 0 atom stereocenters. The van der Waals surface area contributed by atoms with Crippen LogP contribution in [0.15, 0.2) is 58.4 Å². The molecule has 0 aliphatic heterocycles. The van der Waals surface area contributed by atoms with E-state index >= 15 is 0 Å². The second kappa shape index (κ2) is 7.40. The van der Waals surface area contributed by atoms with Crippen molar-refractivity contribution in [1.29, 1.82) is 0 Å². The van der Waals surface area contributed by atoms with Crippen molar-refractivity contribution in [2.45, 2.75) is 18.7 Å². The second-order valence-corrected chi connectivity index (χ2v) is 8.11. The molecule has 2 rings (SSSR count). The highest BCUT2D eigenvalue weighted by Gasteiger charge is 2.25. The van der Waals surface area contributed by atoms with Crippen LogP contribution in [0, 0.1) is 13.8 Å². The van der Waals surface area contributed by atoms with Crippen molar-refractivity contribution in [3.8, 4) is 5.75 Å². The molecular formula is C18H20BrNO3S. The van der Waals surface area contributed by atoms with E-state index in [0.717, 1.165) is 11.1 Å². The number of methoxy groups -OCH3 is 1. The second-order valence-electron chi connectivity index (χ2n) is 5.39. The van der Waals surface area contributed by atoms with Gasteiger partial charge >= 0.3 is 0 Å². The van der Waals surface area contributed by atoms with Crippen molar-refractivity contribution in [2.24, 2.45) is 0 Å². The fourth-order valence-electron chi connectivity index (χ4n) is 2.28. The predicted octanol–water partition coefficient (Wildman–Crippen LogP) is 4.46. The number of sulfonamides is 1. The van der Waals surface area contributed by atoms with E-state index in [2.05, 4.69) is 22.5 Å². The van der Waals surface area contributed by atoms with Crippen molar-refractivity contribution in [1.82, 2.24) is 0 Å². The molecule has 128 valence electrons. The van der Waals surface area contributed by atoms with E-state index in [-0.39, 0.29) is 11.4 Å². The third-order valence-electron chi connectivity index (χ3n) is 3.78. The zero-order valence-corrected chi connectivity index (χ0v) is 16.3. The number of benzene rings is 2. The molecule has 0 aliphatic rings.